The summed E-state index contributed by atoms with van der Waals surface area (Å²) < 4.78 is 13.9. The minimum Gasteiger partial charge on any atom is -0.369 e. The predicted molar refractivity (Wildman–Crippen MR) is 75.7 cm³/mol. The van der Waals surface area contributed by atoms with Crippen molar-refractivity contribution in [3.8, 4) is 0 Å². The molecule has 2 aromatic rings. The van der Waals surface area contributed by atoms with Gasteiger partial charge in [-0.05, 0) is 24.6 Å². The van der Waals surface area contributed by atoms with E-state index in [0.29, 0.717) is 5.75 Å². The van der Waals surface area contributed by atoms with Crippen LogP contribution < -0.4 is 5.73 Å². The Bertz CT molecular complexity index is 598. The summed E-state index contributed by atoms with van der Waals surface area (Å²) in [4.78, 5) is 16.2. The first kappa shape index (κ1) is 14.0. The molecule has 1 aromatic heterocycles. The Morgan fingerprint density at radius 1 is 1.53 bits per heavy atom. The SMILES string of the molecule is Cc1nc(SCc2cccc(F)c2)sc1CC(N)=O. The fourth-order valence-corrected chi connectivity index (χ4v) is 3.74. The number of thiazole rings is 1. The first-order chi connectivity index (χ1) is 9.04. The third-order valence-corrected chi connectivity index (χ3v) is 4.83. The molecule has 0 unspecified atom stereocenters. The van der Waals surface area contributed by atoms with Crippen molar-refractivity contribution < 1.29 is 9.18 Å². The van der Waals surface area contributed by atoms with Crippen LogP contribution in [0.2, 0.25) is 0 Å². The maximum atomic E-state index is 13.0. The van der Waals surface area contributed by atoms with Crippen LogP contribution >= 0.6 is 23.1 Å². The molecule has 6 heteroatoms. The second kappa shape index (κ2) is 6.16. The van der Waals surface area contributed by atoms with E-state index in [1.54, 1.807) is 6.07 Å². The van der Waals surface area contributed by atoms with Gasteiger partial charge >= 0.3 is 0 Å². The minimum atomic E-state index is -0.353. The fraction of sp³-hybridized carbons (Fsp3) is 0.231. The zero-order chi connectivity index (χ0) is 13.8. The number of nitrogens with zero attached hydrogens (tertiary/aromatic N) is 1. The third kappa shape index (κ3) is 4.04. The van der Waals surface area contributed by atoms with Crippen LogP contribution in [0, 0.1) is 12.7 Å². The first-order valence-corrected chi connectivity index (χ1v) is 7.46. The van der Waals surface area contributed by atoms with Crippen molar-refractivity contribution in [1.82, 2.24) is 4.98 Å². The van der Waals surface area contributed by atoms with Gasteiger partial charge < -0.3 is 5.73 Å². The van der Waals surface area contributed by atoms with E-state index in [0.717, 1.165) is 20.5 Å². The number of rotatable bonds is 5. The lowest BCUT2D eigenvalue weighted by Crippen LogP contribution is -2.13. The molecule has 0 aliphatic rings. The van der Waals surface area contributed by atoms with Crippen LogP contribution in [0.15, 0.2) is 28.6 Å². The molecule has 0 aliphatic carbocycles. The highest BCUT2D eigenvalue weighted by Gasteiger charge is 2.10. The third-order valence-electron chi connectivity index (χ3n) is 2.46. The molecule has 1 aromatic carbocycles. The van der Waals surface area contributed by atoms with Gasteiger partial charge in [-0.2, -0.15) is 0 Å². The lowest BCUT2D eigenvalue weighted by Gasteiger charge is -1.98. The van der Waals surface area contributed by atoms with Crippen molar-refractivity contribution in [2.75, 3.05) is 0 Å². The molecule has 19 heavy (non-hydrogen) atoms. The topological polar surface area (TPSA) is 56.0 Å². The lowest BCUT2D eigenvalue weighted by atomic mass is 10.2. The molecule has 0 atom stereocenters. The summed E-state index contributed by atoms with van der Waals surface area (Å²) in [5.41, 5.74) is 6.93. The molecule has 2 N–H and O–H groups in total. The van der Waals surface area contributed by atoms with E-state index in [1.807, 2.05) is 13.0 Å². The van der Waals surface area contributed by atoms with Crippen molar-refractivity contribution in [1.29, 1.82) is 0 Å². The number of aromatic nitrogens is 1. The van der Waals surface area contributed by atoms with Gasteiger partial charge in [-0.25, -0.2) is 9.37 Å². The summed E-state index contributed by atoms with van der Waals surface area (Å²) in [5.74, 6) is 0.0667. The predicted octanol–water partition coefficient (Wildman–Crippen LogP) is 2.91. The monoisotopic (exact) mass is 296 g/mol. The van der Waals surface area contributed by atoms with E-state index >= 15 is 0 Å². The Morgan fingerprint density at radius 2 is 2.32 bits per heavy atom. The summed E-state index contributed by atoms with van der Waals surface area (Å²) in [6.07, 6.45) is 0.226. The smallest absolute Gasteiger partial charge is 0.222 e. The highest BCUT2D eigenvalue weighted by atomic mass is 32.2. The number of benzene rings is 1. The summed E-state index contributed by atoms with van der Waals surface area (Å²) in [7, 11) is 0. The van der Waals surface area contributed by atoms with E-state index in [9.17, 15) is 9.18 Å². The number of carbonyl (C=O) groups excluding carboxylic acids is 1. The Labute approximate surface area is 119 Å². The summed E-state index contributed by atoms with van der Waals surface area (Å²) in [6.45, 7) is 1.86. The average Bonchev–Trinajstić information content (AvgIpc) is 2.67. The molecule has 0 spiro atoms. The molecule has 1 amide bonds. The molecule has 0 saturated carbocycles. The first-order valence-electron chi connectivity index (χ1n) is 5.66. The van der Waals surface area contributed by atoms with Crippen molar-refractivity contribution in [2.24, 2.45) is 5.73 Å². The van der Waals surface area contributed by atoms with Crippen LogP contribution in [-0.2, 0) is 17.0 Å². The molecule has 0 saturated heterocycles. The van der Waals surface area contributed by atoms with Gasteiger partial charge in [0, 0.05) is 10.6 Å². The van der Waals surface area contributed by atoms with E-state index < -0.39 is 0 Å². The van der Waals surface area contributed by atoms with Gasteiger partial charge in [0.15, 0.2) is 4.34 Å². The molecule has 0 aliphatic heterocycles. The van der Waals surface area contributed by atoms with Crippen LogP contribution in [0.5, 0.6) is 0 Å². The second-order valence-electron chi connectivity index (χ2n) is 4.05. The van der Waals surface area contributed by atoms with Gasteiger partial charge in [-0.15, -0.1) is 11.3 Å². The maximum Gasteiger partial charge on any atom is 0.222 e. The molecule has 3 nitrogen and oxygen atoms in total. The lowest BCUT2D eigenvalue weighted by molar-refractivity contribution is -0.117. The number of hydrogen-bond acceptors (Lipinski definition) is 4. The Hall–Kier alpha value is -1.40. The Morgan fingerprint density at radius 3 is 3.00 bits per heavy atom. The Kier molecular flexibility index (Phi) is 4.55. The number of amides is 1. The number of halogens is 1. The van der Waals surface area contributed by atoms with Crippen molar-refractivity contribution in [2.45, 2.75) is 23.4 Å². The van der Waals surface area contributed by atoms with Gasteiger partial charge in [0.2, 0.25) is 5.91 Å². The molecule has 1 heterocycles. The number of nitrogens with two attached hydrogens (primary N) is 1. The van der Waals surface area contributed by atoms with Gasteiger partial charge in [-0.3, -0.25) is 4.79 Å². The van der Waals surface area contributed by atoms with Crippen LogP contribution in [0.4, 0.5) is 4.39 Å². The second-order valence-corrected chi connectivity index (χ2v) is 6.36. The zero-order valence-electron chi connectivity index (χ0n) is 10.4. The molecule has 0 fully saturated rings. The number of hydrogen-bond donors (Lipinski definition) is 1. The molecule has 2 rings (SSSR count). The van der Waals surface area contributed by atoms with Crippen LogP contribution in [0.3, 0.4) is 0 Å². The van der Waals surface area contributed by atoms with E-state index in [2.05, 4.69) is 4.98 Å². The number of carbonyl (C=O) groups is 1. The number of aryl methyl sites for hydroxylation is 1. The van der Waals surface area contributed by atoms with Crippen molar-refractivity contribution in [3.63, 3.8) is 0 Å². The van der Waals surface area contributed by atoms with E-state index in [4.69, 9.17) is 5.73 Å². The standard InChI is InChI=1S/C13H13FN2OS2/c1-8-11(6-12(15)17)19-13(16-8)18-7-9-3-2-4-10(14)5-9/h2-5H,6-7H2,1H3,(H2,15,17). The summed E-state index contributed by atoms with van der Waals surface area (Å²) >= 11 is 3.00. The van der Waals surface area contributed by atoms with Gasteiger partial charge in [0.05, 0.1) is 12.1 Å². The molecular formula is C13H13FN2OS2. The minimum absolute atomic E-state index is 0.226. The van der Waals surface area contributed by atoms with Crippen LogP contribution in [0.1, 0.15) is 16.1 Å². The average molecular weight is 296 g/mol. The van der Waals surface area contributed by atoms with Crippen molar-refractivity contribution in [3.05, 3.63) is 46.2 Å². The van der Waals surface area contributed by atoms with Gasteiger partial charge in [0.1, 0.15) is 5.82 Å². The quantitative estimate of drug-likeness (QED) is 0.863. The van der Waals surface area contributed by atoms with Gasteiger partial charge in [0.25, 0.3) is 0 Å². The number of thioether (sulfide) groups is 1. The largest absolute Gasteiger partial charge is 0.369 e. The van der Waals surface area contributed by atoms with Gasteiger partial charge in [-0.1, -0.05) is 23.9 Å². The molecular weight excluding hydrogens is 283 g/mol. The molecule has 100 valence electrons. The van der Waals surface area contributed by atoms with E-state index in [1.165, 1.54) is 35.2 Å². The molecule has 0 radical (unpaired) electrons. The summed E-state index contributed by atoms with van der Waals surface area (Å²) in [5, 5.41) is 0. The van der Waals surface area contributed by atoms with Crippen molar-refractivity contribution >= 4 is 29.0 Å². The number of primary amides is 1. The molecule has 0 bridgehead atoms. The highest BCUT2D eigenvalue weighted by molar-refractivity contribution is 8.00. The highest BCUT2D eigenvalue weighted by Crippen LogP contribution is 2.29. The fourth-order valence-electron chi connectivity index (χ4n) is 1.56. The normalized spacial score (nSPS) is 10.6. The zero-order valence-corrected chi connectivity index (χ0v) is 12.0. The van der Waals surface area contributed by atoms with E-state index in [-0.39, 0.29) is 18.1 Å². The Balaban J connectivity index is 2.02. The van der Waals surface area contributed by atoms with Crippen LogP contribution in [0.25, 0.3) is 0 Å². The maximum absolute atomic E-state index is 13.0. The van der Waals surface area contributed by atoms with Crippen LogP contribution in [-0.4, -0.2) is 10.9 Å². The summed E-state index contributed by atoms with van der Waals surface area (Å²) in [6, 6.07) is 6.50.